The van der Waals surface area contributed by atoms with Gasteiger partial charge in [-0.3, -0.25) is 4.79 Å². The number of phenols is 1. The van der Waals surface area contributed by atoms with Crippen LogP contribution in [0.25, 0.3) is 0 Å². The molecule has 0 spiro atoms. The fraction of sp³-hybridized carbons (Fsp3) is 0.533. The van der Waals surface area contributed by atoms with E-state index in [2.05, 4.69) is 0 Å². The van der Waals surface area contributed by atoms with Crippen LogP contribution in [-0.2, 0) is 0 Å². The van der Waals surface area contributed by atoms with Crippen LogP contribution in [0.4, 0.5) is 0 Å². The van der Waals surface area contributed by atoms with E-state index in [0.29, 0.717) is 24.4 Å². The van der Waals surface area contributed by atoms with Crippen molar-refractivity contribution < 1.29 is 14.6 Å². The fourth-order valence-electron chi connectivity index (χ4n) is 2.38. The second-order valence-electron chi connectivity index (χ2n) is 5.11. The summed E-state index contributed by atoms with van der Waals surface area (Å²) < 4.78 is 5.12. The van der Waals surface area contributed by atoms with Crippen molar-refractivity contribution in [2.45, 2.75) is 31.7 Å². The number of carbonyl (C=O) groups is 1. The van der Waals surface area contributed by atoms with Crippen LogP contribution in [0.2, 0.25) is 0 Å². The molecule has 1 aliphatic carbocycles. The molecule has 0 saturated heterocycles. The second-order valence-corrected chi connectivity index (χ2v) is 5.11. The number of aromatic hydroxyl groups is 1. The average Bonchev–Trinajstić information content (AvgIpc) is 2.41. The molecule has 5 nitrogen and oxygen atoms in total. The summed E-state index contributed by atoms with van der Waals surface area (Å²) in [6.07, 6.45) is 3.98. The minimum atomic E-state index is -0.139. The van der Waals surface area contributed by atoms with E-state index in [9.17, 15) is 9.90 Å². The minimum Gasteiger partial charge on any atom is -0.507 e. The number of carbonyl (C=O) groups excluding carboxylic acids is 1. The lowest BCUT2D eigenvalue weighted by atomic mass is 9.90. The van der Waals surface area contributed by atoms with Crippen LogP contribution in [0.3, 0.4) is 0 Å². The zero-order chi connectivity index (χ0) is 14.5. The molecule has 0 radical (unpaired) electrons. The third-order valence-corrected chi connectivity index (χ3v) is 3.81. The highest BCUT2D eigenvalue weighted by atomic mass is 16.5. The highest BCUT2D eigenvalue weighted by Gasteiger charge is 2.30. The SMILES string of the molecule is COc1ccc(O)c(C(=O)N(CCCN)C2CCC2)c1. The Morgan fingerprint density at radius 3 is 2.80 bits per heavy atom. The van der Waals surface area contributed by atoms with Gasteiger partial charge >= 0.3 is 0 Å². The Balaban J connectivity index is 2.21. The topological polar surface area (TPSA) is 75.8 Å². The number of methoxy groups -OCH3 is 1. The maximum Gasteiger partial charge on any atom is 0.257 e. The van der Waals surface area contributed by atoms with Crippen molar-refractivity contribution in [3.8, 4) is 11.5 Å². The molecule has 0 bridgehead atoms. The van der Waals surface area contributed by atoms with E-state index >= 15 is 0 Å². The molecule has 20 heavy (non-hydrogen) atoms. The predicted octanol–water partition coefficient (Wildman–Crippen LogP) is 1.74. The summed E-state index contributed by atoms with van der Waals surface area (Å²) in [7, 11) is 1.54. The van der Waals surface area contributed by atoms with Crippen molar-refractivity contribution in [2.75, 3.05) is 20.2 Å². The first-order valence-corrected chi connectivity index (χ1v) is 7.05. The molecule has 1 amide bonds. The molecule has 0 unspecified atom stereocenters. The van der Waals surface area contributed by atoms with Crippen molar-refractivity contribution in [1.82, 2.24) is 4.90 Å². The Morgan fingerprint density at radius 1 is 1.50 bits per heavy atom. The number of ether oxygens (including phenoxy) is 1. The fourth-order valence-corrected chi connectivity index (χ4v) is 2.38. The smallest absolute Gasteiger partial charge is 0.257 e. The Bertz CT molecular complexity index is 472. The largest absolute Gasteiger partial charge is 0.507 e. The number of hydrogen-bond acceptors (Lipinski definition) is 4. The van der Waals surface area contributed by atoms with Gasteiger partial charge in [-0.2, -0.15) is 0 Å². The van der Waals surface area contributed by atoms with E-state index in [1.807, 2.05) is 4.90 Å². The standard InChI is InChI=1S/C15H22N2O3/c1-20-12-6-7-14(18)13(10-12)15(19)17(9-3-8-16)11-4-2-5-11/h6-7,10-11,18H,2-5,8-9,16H2,1H3. The highest BCUT2D eigenvalue weighted by Crippen LogP contribution is 2.30. The molecular formula is C15H22N2O3. The van der Waals surface area contributed by atoms with E-state index in [1.54, 1.807) is 19.2 Å². The molecule has 1 saturated carbocycles. The van der Waals surface area contributed by atoms with Crippen LogP contribution in [0, 0.1) is 0 Å². The van der Waals surface area contributed by atoms with Gasteiger partial charge in [0, 0.05) is 12.6 Å². The summed E-state index contributed by atoms with van der Waals surface area (Å²) in [4.78, 5) is 14.5. The first-order valence-electron chi connectivity index (χ1n) is 7.05. The molecule has 0 aliphatic heterocycles. The van der Waals surface area contributed by atoms with Gasteiger partial charge < -0.3 is 20.5 Å². The maximum atomic E-state index is 12.6. The lowest BCUT2D eigenvalue weighted by Crippen LogP contribution is -2.45. The first kappa shape index (κ1) is 14.7. The lowest BCUT2D eigenvalue weighted by molar-refractivity contribution is 0.0575. The molecule has 0 aromatic heterocycles. The summed E-state index contributed by atoms with van der Waals surface area (Å²) in [5.41, 5.74) is 5.84. The molecule has 1 aromatic rings. The summed E-state index contributed by atoms with van der Waals surface area (Å²) in [6.45, 7) is 1.19. The summed E-state index contributed by atoms with van der Waals surface area (Å²) >= 11 is 0. The molecule has 1 aromatic carbocycles. The predicted molar refractivity (Wildman–Crippen MR) is 77.0 cm³/mol. The van der Waals surface area contributed by atoms with Crippen LogP contribution >= 0.6 is 0 Å². The monoisotopic (exact) mass is 278 g/mol. The van der Waals surface area contributed by atoms with Gasteiger partial charge in [-0.25, -0.2) is 0 Å². The van der Waals surface area contributed by atoms with Crippen LogP contribution in [-0.4, -0.2) is 42.2 Å². The first-order chi connectivity index (χ1) is 9.67. The molecule has 2 rings (SSSR count). The number of rotatable bonds is 6. The van der Waals surface area contributed by atoms with E-state index in [0.717, 1.165) is 25.7 Å². The molecule has 5 heteroatoms. The number of phenolic OH excluding ortho intramolecular Hbond substituents is 1. The van der Waals surface area contributed by atoms with Gasteiger partial charge in [0.1, 0.15) is 11.5 Å². The highest BCUT2D eigenvalue weighted by molar-refractivity contribution is 5.97. The van der Waals surface area contributed by atoms with Crippen LogP contribution in [0.5, 0.6) is 11.5 Å². The van der Waals surface area contributed by atoms with Crippen LogP contribution in [0.15, 0.2) is 18.2 Å². The van der Waals surface area contributed by atoms with E-state index < -0.39 is 0 Å². The average molecular weight is 278 g/mol. The van der Waals surface area contributed by atoms with Crippen molar-refractivity contribution in [3.05, 3.63) is 23.8 Å². The van der Waals surface area contributed by atoms with E-state index in [1.165, 1.54) is 6.07 Å². The molecular weight excluding hydrogens is 256 g/mol. The summed E-state index contributed by atoms with van der Waals surface area (Å²) in [5, 5.41) is 9.92. The molecule has 110 valence electrons. The van der Waals surface area contributed by atoms with Gasteiger partial charge in [-0.15, -0.1) is 0 Å². The number of nitrogens with zero attached hydrogens (tertiary/aromatic N) is 1. The third kappa shape index (κ3) is 3.04. The third-order valence-electron chi connectivity index (χ3n) is 3.81. The van der Waals surface area contributed by atoms with Crippen molar-refractivity contribution in [2.24, 2.45) is 5.73 Å². The Kier molecular flexibility index (Phi) is 4.84. The molecule has 0 atom stereocenters. The second kappa shape index (κ2) is 6.61. The molecule has 1 fully saturated rings. The zero-order valence-corrected chi connectivity index (χ0v) is 11.8. The normalized spacial score (nSPS) is 14.7. The summed E-state index contributed by atoms with van der Waals surface area (Å²) in [6, 6.07) is 5.00. The van der Waals surface area contributed by atoms with E-state index in [4.69, 9.17) is 10.5 Å². The number of hydrogen-bond donors (Lipinski definition) is 2. The van der Waals surface area contributed by atoms with Crippen molar-refractivity contribution in [3.63, 3.8) is 0 Å². The van der Waals surface area contributed by atoms with Crippen molar-refractivity contribution in [1.29, 1.82) is 0 Å². The van der Waals surface area contributed by atoms with Gasteiger partial charge in [0.2, 0.25) is 0 Å². The van der Waals surface area contributed by atoms with Gasteiger partial charge in [0.05, 0.1) is 12.7 Å². The lowest BCUT2D eigenvalue weighted by Gasteiger charge is -2.37. The minimum absolute atomic E-state index is 0.00660. The number of nitrogens with two attached hydrogens (primary N) is 1. The van der Waals surface area contributed by atoms with Gasteiger partial charge in [-0.05, 0) is 50.4 Å². The van der Waals surface area contributed by atoms with Crippen LogP contribution < -0.4 is 10.5 Å². The maximum absolute atomic E-state index is 12.6. The molecule has 3 N–H and O–H groups in total. The molecule has 1 aliphatic rings. The zero-order valence-electron chi connectivity index (χ0n) is 11.8. The number of amides is 1. The van der Waals surface area contributed by atoms with E-state index in [-0.39, 0.29) is 17.7 Å². The molecule has 0 heterocycles. The number of benzene rings is 1. The quantitative estimate of drug-likeness (QED) is 0.831. The van der Waals surface area contributed by atoms with Gasteiger partial charge in [0.15, 0.2) is 0 Å². The van der Waals surface area contributed by atoms with Crippen molar-refractivity contribution >= 4 is 5.91 Å². The Hall–Kier alpha value is -1.75. The Labute approximate surface area is 119 Å². The Morgan fingerprint density at radius 2 is 2.25 bits per heavy atom. The van der Waals surface area contributed by atoms with Gasteiger partial charge in [0.25, 0.3) is 5.91 Å². The van der Waals surface area contributed by atoms with Crippen LogP contribution in [0.1, 0.15) is 36.0 Å². The summed E-state index contributed by atoms with van der Waals surface area (Å²) in [5.74, 6) is 0.422. The van der Waals surface area contributed by atoms with Gasteiger partial charge in [-0.1, -0.05) is 0 Å².